The van der Waals surface area contributed by atoms with Crippen LogP contribution in [0.25, 0.3) is 0 Å². The van der Waals surface area contributed by atoms with E-state index in [1.54, 1.807) is 108 Å². The number of ether oxygens (including phenoxy) is 16. The summed E-state index contributed by atoms with van der Waals surface area (Å²) in [5.41, 5.74) is 0.568. The molecular weight excluding hydrogens is 1300 g/mol. The lowest BCUT2D eigenvalue weighted by Crippen LogP contribution is -2.66. The van der Waals surface area contributed by atoms with Crippen LogP contribution in [0.4, 0.5) is 0 Å². The largest absolute Gasteiger partial charge is 0.469 e. The van der Waals surface area contributed by atoms with Crippen molar-refractivity contribution < 1.29 is 146 Å². The van der Waals surface area contributed by atoms with E-state index in [1.807, 2.05) is 0 Å². The Kier molecular flexibility index (Phi) is 27.8. The Bertz CT molecular complexity index is 2960. The zero-order valence-corrected chi connectivity index (χ0v) is 55.5. The van der Waals surface area contributed by atoms with Crippen molar-refractivity contribution in [2.75, 3.05) is 53.4 Å². The van der Waals surface area contributed by atoms with Gasteiger partial charge in [0.15, 0.2) is 56.1 Å². The van der Waals surface area contributed by atoms with E-state index >= 15 is 0 Å². The van der Waals surface area contributed by atoms with Gasteiger partial charge >= 0.3 is 23.9 Å². The molecule has 30 heteroatoms. The topological polar surface area (TPSA) is 418 Å². The van der Waals surface area contributed by atoms with Crippen LogP contribution in [0.2, 0.25) is 0 Å². The lowest BCUT2D eigenvalue weighted by Gasteiger charge is -2.49. The molecule has 0 radical (unpaired) electrons. The number of carbonyl (C=O) groups is 4. The zero-order chi connectivity index (χ0) is 70.6. The first-order valence-corrected chi connectivity index (χ1v) is 33.1. The highest BCUT2D eigenvalue weighted by atomic mass is 16.8. The van der Waals surface area contributed by atoms with Crippen LogP contribution in [-0.2, 0) is 80.6 Å². The number of esters is 4. The molecule has 3 aromatic rings. The Morgan fingerprint density at radius 2 is 0.694 bits per heavy atom. The average molecular weight is 1390 g/mol. The number of rotatable bonds is 27. The molecule has 9 rings (SSSR count). The lowest BCUT2D eigenvalue weighted by atomic mass is 9.83. The first kappa shape index (κ1) is 76.8. The summed E-state index contributed by atoms with van der Waals surface area (Å²) in [6, 6.07) is 24.2. The summed E-state index contributed by atoms with van der Waals surface area (Å²) in [5.74, 6) is -6.01. The second-order valence-electron chi connectivity index (χ2n) is 25.8. The van der Waals surface area contributed by atoms with E-state index in [0.717, 1.165) is 0 Å². The predicted octanol–water partition coefficient (Wildman–Crippen LogP) is 0.122. The third-order valence-electron chi connectivity index (χ3n) is 19.7. The van der Waals surface area contributed by atoms with Gasteiger partial charge in [0, 0.05) is 24.2 Å². The molecule has 10 N–H and O–H groups in total. The van der Waals surface area contributed by atoms with Crippen LogP contribution in [0.15, 0.2) is 91.0 Å². The zero-order valence-electron chi connectivity index (χ0n) is 55.5. The highest BCUT2D eigenvalue weighted by Crippen LogP contribution is 2.41. The second kappa shape index (κ2) is 35.5. The molecule has 0 spiro atoms. The van der Waals surface area contributed by atoms with E-state index in [2.05, 4.69) is 0 Å². The molecule has 6 aliphatic rings. The monoisotopic (exact) mass is 1390 g/mol. The first-order valence-electron chi connectivity index (χ1n) is 33.1. The van der Waals surface area contributed by atoms with Gasteiger partial charge in [-0.15, -0.1) is 0 Å². The van der Waals surface area contributed by atoms with Gasteiger partial charge in [-0.1, -0.05) is 96.1 Å². The third-order valence-corrected chi connectivity index (χ3v) is 19.7. The fraction of sp³-hybridized carbons (Fsp3) is 0.676. The Balaban J connectivity index is 0.982. The van der Waals surface area contributed by atoms with Crippen molar-refractivity contribution in [2.24, 2.45) is 35.5 Å². The van der Waals surface area contributed by atoms with Crippen LogP contribution >= 0.6 is 0 Å². The van der Waals surface area contributed by atoms with Gasteiger partial charge < -0.3 is 127 Å². The van der Waals surface area contributed by atoms with Gasteiger partial charge in [-0.3, -0.25) is 4.79 Å². The Morgan fingerprint density at radius 1 is 0.357 bits per heavy atom. The van der Waals surface area contributed by atoms with Crippen LogP contribution < -0.4 is 0 Å². The van der Waals surface area contributed by atoms with Crippen molar-refractivity contribution in [3.8, 4) is 0 Å². The van der Waals surface area contributed by atoms with Gasteiger partial charge in [-0.25, -0.2) is 14.4 Å². The lowest BCUT2D eigenvalue weighted by molar-refractivity contribution is -0.387. The maximum absolute atomic E-state index is 14.0. The van der Waals surface area contributed by atoms with Crippen LogP contribution in [-0.4, -0.2) is 276 Å². The standard InChI is InChI=1S/C68H94O30/c1-32-35(4)55(94-61(81)39-20-13-9-14-21-39)66(87-41(32)26-69)97-58-51(77)48(74)43(28-71)89-65(58)85-30-45-34(3)37(6)54(93-60(80)38-18-11-8-12-19-38)64(91-45)86-31-46-50(76)57(53(79)63(92-46)84-25-17-24-47(73)83-7)96-68-59(52(78)49(75)44(29-72)90-68)98-67-56(36(5)33(2)42(27-70)88-67)95-62(82)40-22-15-10-16-23-40/h8-16,18-23,32-37,41-46,48-59,63-72,74-79H,17,24-31H2,1-7H3/t32-,33-,34-,35+,36+,37+,41?,42?,43?,44?,45?,46?,48+,49+,50+,51+,52+,53?,54?,55?,56?,57+,58?,59?,63-,64-,65-,66+,67+,68+/m1/s1. The average Bonchev–Trinajstić information content (AvgIpc) is 0.782. The number of aliphatic hydroxyl groups is 10. The van der Waals surface area contributed by atoms with E-state index in [4.69, 9.17) is 75.8 Å². The number of carbonyl (C=O) groups excluding carboxylic acids is 4. The SMILES string of the molecule is COC(=O)CCCO[C@@H]1OC(CO[C@@H]2OC(CO[C@@H]3OC(CO)[C@H](O)[C@H](O)C3O[C@@H]3OC(CO)[C@H](C)[C@H](C)C3OC(=O)c3ccccc3)[C@H](C)[C@H](C)C2OC(=O)c2ccccc2)[C@H](O)[C@H](O[C@@H]2OC(CO)[C@H](O)[C@H](O)C2O[C@@H]2OC(CO)[C@H](C)[C@H](C)C2OC(=O)c2ccccc2)C1O. The quantitative estimate of drug-likeness (QED) is 0.0275. The third kappa shape index (κ3) is 17.9. The number of benzene rings is 3. The first-order chi connectivity index (χ1) is 47.0. The summed E-state index contributed by atoms with van der Waals surface area (Å²) < 4.78 is 98.5. The van der Waals surface area contributed by atoms with Gasteiger partial charge in [0.1, 0.15) is 73.2 Å². The normalized spacial score (nSPS) is 39.8. The Morgan fingerprint density at radius 3 is 1.12 bits per heavy atom. The maximum Gasteiger partial charge on any atom is 0.338 e. The maximum atomic E-state index is 14.0. The van der Waals surface area contributed by atoms with E-state index in [-0.39, 0.29) is 42.1 Å². The van der Waals surface area contributed by atoms with Gasteiger partial charge in [0.05, 0.1) is 88.4 Å². The molecule has 0 amide bonds. The molecule has 0 aliphatic carbocycles. The molecule has 30 atom stereocenters. The molecule has 6 aliphatic heterocycles. The summed E-state index contributed by atoms with van der Waals surface area (Å²) >= 11 is 0. The van der Waals surface area contributed by atoms with E-state index in [0.29, 0.717) is 0 Å². The molecule has 30 nitrogen and oxygen atoms in total. The highest BCUT2D eigenvalue weighted by molar-refractivity contribution is 5.90. The minimum Gasteiger partial charge on any atom is -0.469 e. The highest BCUT2D eigenvalue weighted by Gasteiger charge is 2.57. The van der Waals surface area contributed by atoms with Gasteiger partial charge in [0.25, 0.3) is 0 Å². The van der Waals surface area contributed by atoms with Crippen molar-refractivity contribution >= 4 is 23.9 Å². The molecule has 98 heavy (non-hydrogen) atoms. The molecule has 0 saturated carbocycles. The minimum absolute atomic E-state index is 0.0479. The van der Waals surface area contributed by atoms with Crippen LogP contribution in [0, 0.1) is 35.5 Å². The Hall–Kier alpha value is -5.34. The van der Waals surface area contributed by atoms with Crippen LogP contribution in [0.5, 0.6) is 0 Å². The molecule has 6 fully saturated rings. The van der Waals surface area contributed by atoms with Gasteiger partial charge in [-0.05, 0) is 60.6 Å². The molecule has 12 unspecified atom stereocenters. The van der Waals surface area contributed by atoms with Crippen molar-refractivity contribution in [1.29, 1.82) is 0 Å². The second-order valence-corrected chi connectivity index (χ2v) is 25.8. The fourth-order valence-corrected chi connectivity index (χ4v) is 12.9. The van der Waals surface area contributed by atoms with E-state index in [1.165, 1.54) is 31.4 Å². The van der Waals surface area contributed by atoms with E-state index in [9.17, 15) is 70.2 Å². The van der Waals surface area contributed by atoms with Crippen molar-refractivity contribution in [3.05, 3.63) is 108 Å². The van der Waals surface area contributed by atoms with Crippen LogP contribution in [0.3, 0.4) is 0 Å². The predicted molar refractivity (Wildman–Crippen MR) is 332 cm³/mol. The van der Waals surface area contributed by atoms with Crippen LogP contribution in [0.1, 0.15) is 85.5 Å². The molecular formula is C68H94O30. The van der Waals surface area contributed by atoms with Crippen molar-refractivity contribution in [3.63, 3.8) is 0 Å². The molecule has 0 bridgehead atoms. The fourth-order valence-electron chi connectivity index (χ4n) is 12.9. The molecule has 3 aromatic carbocycles. The summed E-state index contributed by atoms with van der Waals surface area (Å²) in [7, 11) is 1.20. The molecule has 0 aromatic heterocycles. The summed E-state index contributed by atoms with van der Waals surface area (Å²) in [6.45, 7) is 6.58. The minimum atomic E-state index is -1.99. The number of hydrogen-bond acceptors (Lipinski definition) is 30. The number of hydrogen-bond donors (Lipinski definition) is 10. The van der Waals surface area contributed by atoms with Gasteiger partial charge in [0.2, 0.25) is 0 Å². The summed E-state index contributed by atoms with van der Waals surface area (Å²) in [4.78, 5) is 53.3. The summed E-state index contributed by atoms with van der Waals surface area (Å²) in [6.07, 6.45) is -37.8. The smallest absolute Gasteiger partial charge is 0.338 e. The van der Waals surface area contributed by atoms with E-state index < -0.39 is 241 Å². The molecule has 6 heterocycles. The number of methoxy groups -OCH3 is 1. The van der Waals surface area contributed by atoms with Gasteiger partial charge in [-0.2, -0.15) is 0 Å². The number of aliphatic hydroxyl groups excluding tert-OH is 10. The Labute approximate surface area is 566 Å². The molecule has 546 valence electrons. The molecule has 6 saturated heterocycles. The summed E-state index contributed by atoms with van der Waals surface area (Å²) in [5, 5.41) is 113. The van der Waals surface area contributed by atoms with Crippen molar-refractivity contribution in [1.82, 2.24) is 0 Å². The van der Waals surface area contributed by atoms with Crippen molar-refractivity contribution in [2.45, 2.75) is 202 Å².